The first-order valence-corrected chi connectivity index (χ1v) is 11.0. The van der Waals surface area contributed by atoms with Crippen LogP contribution in [0.2, 0.25) is 0 Å². The van der Waals surface area contributed by atoms with E-state index in [0.717, 1.165) is 0 Å². The highest BCUT2D eigenvalue weighted by atomic mass is 32.1. The summed E-state index contributed by atoms with van der Waals surface area (Å²) in [7, 11) is 0. The molecule has 0 heterocycles. The Balaban J connectivity index is 3.09. The molecular formula is C21H32N4O7S. The van der Waals surface area contributed by atoms with Gasteiger partial charge in [0.2, 0.25) is 17.7 Å². The van der Waals surface area contributed by atoms with Crippen LogP contribution in [0.25, 0.3) is 0 Å². The number of aliphatic hydroxyl groups excluding tert-OH is 1. The lowest BCUT2D eigenvalue weighted by atomic mass is 10.00. The molecule has 0 aliphatic heterocycles. The highest BCUT2D eigenvalue weighted by molar-refractivity contribution is 7.80. The van der Waals surface area contributed by atoms with Gasteiger partial charge in [0.1, 0.15) is 29.9 Å². The largest absolute Gasteiger partial charge is 0.508 e. The van der Waals surface area contributed by atoms with Gasteiger partial charge in [-0.05, 0) is 30.5 Å². The fourth-order valence-corrected chi connectivity index (χ4v) is 3.05. The molecule has 0 aromatic heterocycles. The first-order chi connectivity index (χ1) is 15.4. The summed E-state index contributed by atoms with van der Waals surface area (Å²) in [6.45, 7) is 4.66. The number of carboxylic acids is 1. The summed E-state index contributed by atoms with van der Waals surface area (Å²) in [4.78, 5) is 49.3. The number of aliphatic carboxylic acids is 1. The van der Waals surface area contributed by atoms with Crippen molar-refractivity contribution in [1.29, 1.82) is 0 Å². The van der Waals surface area contributed by atoms with Gasteiger partial charge in [0.25, 0.3) is 0 Å². The Bertz CT molecular complexity index is 832. The van der Waals surface area contributed by atoms with Gasteiger partial charge in [0.15, 0.2) is 0 Å². The summed E-state index contributed by atoms with van der Waals surface area (Å²) in [6.07, 6.45) is -1.16. The number of aliphatic hydroxyl groups is 1. The Morgan fingerprint density at radius 2 is 1.48 bits per heavy atom. The molecule has 5 atom stereocenters. The first kappa shape index (κ1) is 28.2. The molecule has 1 rings (SSSR count). The maximum atomic E-state index is 13.1. The Morgan fingerprint density at radius 1 is 0.939 bits per heavy atom. The third kappa shape index (κ3) is 8.91. The smallest absolute Gasteiger partial charge is 0.327 e. The standard InChI is InChI=1S/C21H32N4O7S/c1-10(2)17(20(30)24-15(9-33)21(31)32)25-18(28)14(23-19(29)16(22)11(3)26)8-12-4-6-13(27)7-5-12/h4-7,10-11,14-17,26-27,33H,8-9,22H2,1-3H3,(H,23,29)(H,24,30)(H,25,28)(H,31,32). The highest BCUT2D eigenvalue weighted by Crippen LogP contribution is 2.12. The average molecular weight is 485 g/mol. The molecular weight excluding hydrogens is 452 g/mol. The Morgan fingerprint density at radius 3 is 1.94 bits per heavy atom. The van der Waals surface area contributed by atoms with Crippen LogP contribution in [0.4, 0.5) is 0 Å². The number of rotatable bonds is 12. The maximum absolute atomic E-state index is 13.1. The monoisotopic (exact) mass is 484 g/mol. The maximum Gasteiger partial charge on any atom is 0.327 e. The fourth-order valence-electron chi connectivity index (χ4n) is 2.80. The number of carbonyl (C=O) groups is 4. The van der Waals surface area contributed by atoms with E-state index in [1.54, 1.807) is 26.0 Å². The van der Waals surface area contributed by atoms with E-state index in [2.05, 4.69) is 28.6 Å². The third-order valence-corrected chi connectivity index (χ3v) is 5.24. The van der Waals surface area contributed by atoms with E-state index < -0.39 is 59.9 Å². The quantitative estimate of drug-likeness (QED) is 0.169. The molecule has 8 N–H and O–H groups in total. The van der Waals surface area contributed by atoms with Crippen LogP contribution >= 0.6 is 12.6 Å². The number of carboxylic acid groups (broad SMARTS) is 1. The molecule has 0 aliphatic rings. The van der Waals surface area contributed by atoms with Crippen LogP contribution in [-0.4, -0.2) is 75.0 Å². The number of amides is 3. The molecule has 1 aromatic rings. The predicted octanol–water partition coefficient (Wildman–Crippen LogP) is -1.23. The molecule has 0 spiro atoms. The molecule has 0 saturated heterocycles. The molecule has 3 amide bonds. The van der Waals surface area contributed by atoms with Gasteiger partial charge in [-0.15, -0.1) is 0 Å². The van der Waals surface area contributed by atoms with Gasteiger partial charge in [0.05, 0.1) is 6.10 Å². The van der Waals surface area contributed by atoms with E-state index >= 15 is 0 Å². The zero-order valence-corrected chi connectivity index (χ0v) is 19.6. The normalized spacial score (nSPS) is 15.6. The summed E-state index contributed by atoms with van der Waals surface area (Å²) in [5.74, 6) is -3.98. The third-order valence-electron chi connectivity index (χ3n) is 4.88. The van der Waals surface area contributed by atoms with Crippen molar-refractivity contribution in [1.82, 2.24) is 16.0 Å². The number of aromatic hydroxyl groups is 1. The van der Waals surface area contributed by atoms with Crippen molar-refractivity contribution in [3.63, 3.8) is 0 Å². The van der Waals surface area contributed by atoms with Crippen molar-refractivity contribution in [3.05, 3.63) is 29.8 Å². The number of nitrogens with two attached hydrogens (primary N) is 1. The van der Waals surface area contributed by atoms with Crippen LogP contribution in [-0.2, 0) is 25.6 Å². The van der Waals surface area contributed by atoms with E-state index in [0.29, 0.717) is 5.56 Å². The molecule has 12 heteroatoms. The Kier molecular flexibility index (Phi) is 11.1. The van der Waals surface area contributed by atoms with Crippen molar-refractivity contribution >= 4 is 36.3 Å². The van der Waals surface area contributed by atoms with Crippen molar-refractivity contribution in [3.8, 4) is 5.75 Å². The number of hydrogen-bond donors (Lipinski definition) is 8. The molecule has 1 aromatic carbocycles. The van der Waals surface area contributed by atoms with Crippen LogP contribution < -0.4 is 21.7 Å². The van der Waals surface area contributed by atoms with Gasteiger partial charge in [-0.3, -0.25) is 14.4 Å². The highest BCUT2D eigenvalue weighted by Gasteiger charge is 2.32. The van der Waals surface area contributed by atoms with E-state index in [-0.39, 0.29) is 17.9 Å². The number of benzene rings is 1. The number of phenolic OH excluding ortho intramolecular Hbond substituents is 1. The van der Waals surface area contributed by atoms with Gasteiger partial charge >= 0.3 is 5.97 Å². The van der Waals surface area contributed by atoms with Gasteiger partial charge in [-0.2, -0.15) is 12.6 Å². The molecule has 11 nitrogen and oxygen atoms in total. The van der Waals surface area contributed by atoms with Crippen molar-refractivity contribution in [2.24, 2.45) is 11.7 Å². The summed E-state index contributed by atoms with van der Waals surface area (Å²) in [5.41, 5.74) is 6.27. The molecule has 184 valence electrons. The minimum Gasteiger partial charge on any atom is -0.508 e. The lowest BCUT2D eigenvalue weighted by molar-refractivity contribution is -0.142. The second-order valence-electron chi connectivity index (χ2n) is 8.01. The number of phenols is 1. The Hall–Kier alpha value is -2.83. The van der Waals surface area contributed by atoms with Gasteiger partial charge in [0, 0.05) is 12.2 Å². The molecule has 0 radical (unpaired) electrons. The Labute approximate surface area is 197 Å². The summed E-state index contributed by atoms with van der Waals surface area (Å²) < 4.78 is 0. The molecule has 5 unspecified atom stereocenters. The number of hydrogen-bond acceptors (Lipinski definition) is 8. The number of nitrogens with one attached hydrogen (secondary N) is 3. The summed E-state index contributed by atoms with van der Waals surface area (Å²) >= 11 is 3.91. The van der Waals surface area contributed by atoms with Crippen LogP contribution in [0.5, 0.6) is 5.75 Å². The van der Waals surface area contributed by atoms with Crippen molar-refractivity contribution < 1.29 is 34.5 Å². The molecule has 33 heavy (non-hydrogen) atoms. The van der Waals surface area contributed by atoms with E-state index in [1.165, 1.54) is 19.1 Å². The number of carbonyl (C=O) groups excluding carboxylic acids is 3. The van der Waals surface area contributed by atoms with Gasteiger partial charge < -0.3 is 37.0 Å². The molecule has 0 saturated carbocycles. The van der Waals surface area contributed by atoms with Crippen LogP contribution in [0.1, 0.15) is 26.3 Å². The zero-order chi connectivity index (χ0) is 25.3. The topological polar surface area (TPSA) is 191 Å². The summed E-state index contributed by atoms with van der Waals surface area (Å²) in [6, 6.07) is 1.18. The molecule has 0 fully saturated rings. The molecule has 0 aliphatic carbocycles. The predicted molar refractivity (Wildman–Crippen MR) is 124 cm³/mol. The molecule has 0 bridgehead atoms. The van der Waals surface area contributed by atoms with Gasteiger partial charge in [-0.25, -0.2) is 4.79 Å². The zero-order valence-electron chi connectivity index (χ0n) is 18.7. The fraction of sp³-hybridized carbons (Fsp3) is 0.524. The van der Waals surface area contributed by atoms with E-state index in [9.17, 15) is 29.4 Å². The van der Waals surface area contributed by atoms with Gasteiger partial charge in [-0.1, -0.05) is 26.0 Å². The second kappa shape index (κ2) is 13.0. The first-order valence-electron chi connectivity index (χ1n) is 10.3. The minimum absolute atomic E-state index is 0.00517. The second-order valence-corrected chi connectivity index (χ2v) is 8.38. The van der Waals surface area contributed by atoms with Crippen LogP contribution in [0.3, 0.4) is 0 Å². The van der Waals surface area contributed by atoms with Crippen molar-refractivity contribution in [2.45, 2.75) is 57.5 Å². The van der Waals surface area contributed by atoms with E-state index in [1.807, 2.05) is 0 Å². The summed E-state index contributed by atoms with van der Waals surface area (Å²) in [5, 5.41) is 35.6. The van der Waals surface area contributed by atoms with Crippen LogP contribution in [0.15, 0.2) is 24.3 Å². The lowest BCUT2D eigenvalue weighted by Gasteiger charge is -2.27. The minimum atomic E-state index is -1.28. The van der Waals surface area contributed by atoms with Crippen LogP contribution in [0, 0.1) is 5.92 Å². The lowest BCUT2D eigenvalue weighted by Crippen LogP contribution is -2.59. The average Bonchev–Trinajstić information content (AvgIpc) is 2.75. The van der Waals surface area contributed by atoms with Crippen molar-refractivity contribution in [2.75, 3.05) is 5.75 Å². The SMILES string of the molecule is CC(C)C(NC(=O)C(Cc1ccc(O)cc1)NC(=O)C(N)C(C)O)C(=O)NC(CS)C(=O)O. The number of thiol groups is 1. The van der Waals surface area contributed by atoms with E-state index in [4.69, 9.17) is 10.8 Å².